The summed E-state index contributed by atoms with van der Waals surface area (Å²) < 4.78 is 4.80. The van der Waals surface area contributed by atoms with Crippen LogP contribution in [0.4, 0.5) is 0 Å². The number of carbonyl (C=O) groups is 2. The SMILES string of the molecule is C=Cc1cc(C(=O)O)cc(C(=O)OCC)c1. The van der Waals surface area contributed by atoms with E-state index in [2.05, 4.69) is 6.58 Å². The lowest BCUT2D eigenvalue weighted by Crippen LogP contribution is -2.07. The zero-order valence-electron chi connectivity index (χ0n) is 8.90. The van der Waals surface area contributed by atoms with Crippen molar-refractivity contribution >= 4 is 18.0 Å². The Balaban J connectivity index is 3.18. The highest BCUT2D eigenvalue weighted by Crippen LogP contribution is 2.13. The molecule has 0 saturated carbocycles. The average molecular weight is 220 g/mol. The van der Waals surface area contributed by atoms with E-state index >= 15 is 0 Å². The van der Waals surface area contributed by atoms with Crippen LogP contribution in [0.5, 0.6) is 0 Å². The number of benzene rings is 1. The van der Waals surface area contributed by atoms with Crippen LogP contribution in [-0.4, -0.2) is 23.7 Å². The number of hydrogen-bond donors (Lipinski definition) is 1. The van der Waals surface area contributed by atoms with E-state index in [4.69, 9.17) is 9.84 Å². The van der Waals surface area contributed by atoms with Crippen LogP contribution in [0.2, 0.25) is 0 Å². The van der Waals surface area contributed by atoms with E-state index in [9.17, 15) is 9.59 Å². The summed E-state index contributed by atoms with van der Waals surface area (Å²) in [5.41, 5.74) is 0.833. The summed E-state index contributed by atoms with van der Waals surface area (Å²) in [5, 5.41) is 8.85. The molecule has 0 bridgehead atoms. The first-order chi connectivity index (χ1) is 7.58. The molecule has 0 heterocycles. The molecule has 1 N–H and O–H groups in total. The quantitative estimate of drug-likeness (QED) is 0.790. The molecular weight excluding hydrogens is 208 g/mol. The second-order valence-corrected chi connectivity index (χ2v) is 3.07. The molecule has 0 unspecified atom stereocenters. The molecule has 0 atom stereocenters. The summed E-state index contributed by atoms with van der Waals surface area (Å²) in [6.07, 6.45) is 1.48. The molecule has 1 rings (SSSR count). The molecular formula is C12H12O4. The Morgan fingerprint density at radius 2 is 2.00 bits per heavy atom. The lowest BCUT2D eigenvalue weighted by atomic mass is 10.1. The van der Waals surface area contributed by atoms with E-state index in [1.807, 2.05) is 0 Å². The number of carboxylic acid groups (broad SMARTS) is 1. The Hall–Kier alpha value is -2.10. The highest BCUT2D eigenvalue weighted by atomic mass is 16.5. The minimum absolute atomic E-state index is 0.0421. The van der Waals surface area contributed by atoms with Crippen LogP contribution >= 0.6 is 0 Å². The Bertz CT molecular complexity index is 435. The van der Waals surface area contributed by atoms with Crippen molar-refractivity contribution in [2.45, 2.75) is 6.92 Å². The molecule has 1 aromatic rings. The van der Waals surface area contributed by atoms with Gasteiger partial charge in [-0.05, 0) is 30.7 Å². The van der Waals surface area contributed by atoms with Gasteiger partial charge >= 0.3 is 11.9 Å². The number of esters is 1. The molecule has 0 aliphatic heterocycles. The van der Waals surface area contributed by atoms with E-state index < -0.39 is 11.9 Å². The maximum absolute atomic E-state index is 11.4. The highest BCUT2D eigenvalue weighted by Gasteiger charge is 2.11. The van der Waals surface area contributed by atoms with Crippen molar-refractivity contribution in [3.63, 3.8) is 0 Å². The first-order valence-corrected chi connectivity index (χ1v) is 4.76. The van der Waals surface area contributed by atoms with Gasteiger partial charge in [0, 0.05) is 0 Å². The van der Waals surface area contributed by atoms with E-state index in [1.54, 1.807) is 6.92 Å². The molecule has 0 aromatic heterocycles. The average Bonchev–Trinajstić information content (AvgIpc) is 2.28. The number of rotatable bonds is 4. The van der Waals surface area contributed by atoms with Gasteiger partial charge in [0.1, 0.15) is 0 Å². The van der Waals surface area contributed by atoms with Crippen LogP contribution in [0, 0.1) is 0 Å². The number of aromatic carboxylic acids is 1. The molecule has 0 amide bonds. The molecule has 84 valence electrons. The monoisotopic (exact) mass is 220 g/mol. The molecule has 0 aliphatic carbocycles. The standard InChI is InChI=1S/C12H12O4/c1-3-8-5-9(11(13)14)7-10(6-8)12(15)16-4-2/h3,5-7H,1,4H2,2H3,(H,13,14). The summed E-state index contributed by atoms with van der Waals surface area (Å²) in [4.78, 5) is 22.3. The van der Waals surface area contributed by atoms with E-state index in [0.29, 0.717) is 5.56 Å². The molecule has 0 spiro atoms. The van der Waals surface area contributed by atoms with Crippen molar-refractivity contribution in [1.82, 2.24) is 0 Å². The van der Waals surface area contributed by atoms with E-state index in [-0.39, 0.29) is 17.7 Å². The number of carbonyl (C=O) groups excluding carboxylic acids is 1. The summed E-state index contributed by atoms with van der Waals surface area (Å²) in [6, 6.07) is 4.27. The third-order valence-corrected chi connectivity index (χ3v) is 1.95. The second kappa shape index (κ2) is 5.11. The van der Waals surface area contributed by atoms with Gasteiger partial charge in [-0.2, -0.15) is 0 Å². The third kappa shape index (κ3) is 2.70. The Labute approximate surface area is 93.2 Å². The maximum Gasteiger partial charge on any atom is 0.338 e. The van der Waals surface area contributed by atoms with Crippen LogP contribution < -0.4 is 0 Å². The van der Waals surface area contributed by atoms with Crippen molar-refractivity contribution < 1.29 is 19.4 Å². The van der Waals surface area contributed by atoms with Crippen molar-refractivity contribution in [2.75, 3.05) is 6.61 Å². The Morgan fingerprint density at radius 3 is 2.50 bits per heavy atom. The van der Waals surface area contributed by atoms with Gasteiger partial charge in [-0.1, -0.05) is 12.7 Å². The fraction of sp³-hybridized carbons (Fsp3) is 0.167. The molecule has 0 aliphatic rings. The normalized spacial score (nSPS) is 9.56. The van der Waals surface area contributed by atoms with E-state index in [0.717, 1.165) is 0 Å². The summed E-state index contributed by atoms with van der Waals surface area (Å²) in [6.45, 7) is 5.47. The highest BCUT2D eigenvalue weighted by molar-refractivity contribution is 5.95. The van der Waals surface area contributed by atoms with Gasteiger partial charge in [0.2, 0.25) is 0 Å². The Morgan fingerprint density at radius 1 is 1.38 bits per heavy atom. The summed E-state index contributed by atoms with van der Waals surface area (Å²) >= 11 is 0. The third-order valence-electron chi connectivity index (χ3n) is 1.95. The zero-order chi connectivity index (χ0) is 12.1. The smallest absolute Gasteiger partial charge is 0.338 e. The predicted molar refractivity (Wildman–Crippen MR) is 59.4 cm³/mol. The van der Waals surface area contributed by atoms with Crippen LogP contribution in [0.3, 0.4) is 0 Å². The van der Waals surface area contributed by atoms with E-state index in [1.165, 1.54) is 24.3 Å². The van der Waals surface area contributed by atoms with Gasteiger partial charge in [-0.15, -0.1) is 0 Å². The van der Waals surface area contributed by atoms with Crippen LogP contribution in [0.1, 0.15) is 33.2 Å². The molecule has 0 radical (unpaired) electrons. The number of carboxylic acids is 1. The van der Waals surface area contributed by atoms with Gasteiger partial charge in [0.15, 0.2) is 0 Å². The molecule has 16 heavy (non-hydrogen) atoms. The zero-order valence-corrected chi connectivity index (χ0v) is 8.90. The minimum atomic E-state index is -1.09. The predicted octanol–water partition coefficient (Wildman–Crippen LogP) is 2.20. The van der Waals surface area contributed by atoms with Gasteiger partial charge < -0.3 is 9.84 Å². The first-order valence-electron chi connectivity index (χ1n) is 4.76. The molecule has 4 heteroatoms. The van der Waals surface area contributed by atoms with Crippen LogP contribution in [-0.2, 0) is 4.74 Å². The number of hydrogen-bond acceptors (Lipinski definition) is 3. The Kier molecular flexibility index (Phi) is 3.83. The second-order valence-electron chi connectivity index (χ2n) is 3.07. The van der Waals surface area contributed by atoms with Gasteiger partial charge in [-0.25, -0.2) is 9.59 Å². The topological polar surface area (TPSA) is 63.6 Å². The minimum Gasteiger partial charge on any atom is -0.478 e. The lowest BCUT2D eigenvalue weighted by Gasteiger charge is -2.04. The fourth-order valence-corrected chi connectivity index (χ4v) is 1.23. The van der Waals surface area contributed by atoms with Crippen molar-refractivity contribution in [3.8, 4) is 0 Å². The molecule has 1 aromatic carbocycles. The molecule has 4 nitrogen and oxygen atoms in total. The largest absolute Gasteiger partial charge is 0.478 e. The van der Waals surface area contributed by atoms with Crippen molar-refractivity contribution in [2.24, 2.45) is 0 Å². The van der Waals surface area contributed by atoms with Crippen molar-refractivity contribution in [3.05, 3.63) is 41.5 Å². The summed E-state index contributed by atoms with van der Waals surface area (Å²) in [7, 11) is 0. The fourth-order valence-electron chi connectivity index (χ4n) is 1.23. The molecule has 0 saturated heterocycles. The molecule has 0 fully saturated rings. The van der Waals surface area contributed by atoms with Gasteiger partial charge in [-0.3, -0.25) is 0 Å². The van der Waals surface area contributed by atoms with Crippen LogP contribution in [0.25, 0.3) is 6.08 Å². The van der Waals surface area contributed by atoms with Crippen molar-refractivity contribution in [1.29, 1.82) is 0 Å². The summed E-state index contributed by atoms with van der Waals surface area (Å²) in [5.74, 6) is -1.62. The van der Waals surface area contributed by atoms with Gasteiger partial charge in [0.25, 0.3) is 0 Å². The van der Waals surface area contributed by atoms with Crippen LogP contribution in [0.15, 0.2) is 24.8 Å². The lowest BCUT2D eigenvalue weighted by molar-refractivity contribution is 0.0526. The van der Waals surface area contributed by atoms with Gasteiger partial charge in [0.05, 0.1) is 17.7 Å². The maximum atomic E-state index is 11.4. The number of ether oxygens (including phenoxy) is 1. The first kappa shape index (κ1) is 12.0.